The molecule has 176 valence electrons. The van der Waals surface area contributed by atoms with Gasteiger partial charge in [0.25, 0.3) is 10.1 Å². The van der Waals surface area contributed by atoms with E-state index in [9.17, 15) is 22.8 Å². The molecule has 0 spiro atoms. The summed E-state index contributed by atoms with van der Waals surface area (Å²) < 4.78 is 35.3. The zero-order chi connectivity index (χ0) is 23.3. The number of esters is 1. The highest BCUT2D eigenvalue weighted by molar-refractivity contribution is 7.85. The lowest BCUT2D eigenvalue weighted by Crippen LogP contribution is -2.50. The van der Waals surface area contributed by atoms with Crippen molar-refractivity contribution in [1.29, 1.82) is 0 Å². The molecule has 0 bridgehead atoms. The summed E-state index contributed by atoms with van der Waals surface area (Å²) in [5.74, 6) is -0.292. The third-order valence-corrected chi connectivity index (χ3v) is 9.60. The summed E-state index contributed by atoms with van der Waals surface area (Å²) in [5, 5.41) is 0. The molecule has 0 aromatic heterocycles. The molecule has 0 aromatic carbocycles. The van der Waals surface area contributed by atoms with Crippen molar-refractivity contribution in [2.24, 2.45) is 34.5 Å². The summed E-state index contributed by atoms with van der Waals surface area (Å²) in [6.45, 7) is 4.11. The van der Waals surface area contributed by atoms with E-state index < -0.39 is 28.3 Å². The molecule has 32 heavy (non-hydrogen) atoms. The van der Waals surface area contributed by atoms with Gasteiger partial charge in [0.15, 0.2) is 11.6 Å². The predicted molar refractivity (Wildman–Crippen MR) is 117 cm³/mol. The zero-order valence-corrected chi connectivity index (χ0v) is 19.5. The highest BCUT2D eigenvalue weighted by Gasteiger charge is 2.59. The van der Waals surface area contributed by atoms with E-state index in [1.807, 2.05) is 6.08 Å². The maximum absolute atomic E-state index is 13.0. The van der Waals surface area contributed by atoms with E-state index in [-0.39, 0.29) is 34.9 Å². The molecule has 1 N–H and O–H groups in total. The van der Waals surface area contributed by atoms with Crippen molar-refractivity contribution in [2.45, 2.75) is 58.8 Å². The molecule has 7 nitrogen and oxygen atoms in total. The standard InChI is InChI=1S/C24H32O7S/c1-23-10-7-16(25)13-15(23)3-4-17-18-5-6-20(24(18,2)11-8-19(17)23)21(26)14-31-22(27)9-12-32(28,29)30/h7,10,13,17-20H,3-6,8-9,11-12,14H2,1-2H3,(H,28,29,30)/t17-,18-,19-,20+,23-,24-/m0/s1. The van der Waals surface area contributed by atoms with Gasteiger partial charge in [0, 0.05) is 11.3 Å². The second-order valence-corrected chi connectivity index (χ2v) is 12.0. The van der Waals surface area contributed by atoms with Gasteiger partial charge < -0.3 is 4.74 Å². The van der Waals surface area contributed by atoms with E-state index >= 15 is 0 Å². The average molecular weight is 465 g/mol. The van der Waals surface area contributed by atoms with Gasteiger partial charge in [-0.3, -0.25) is 18.9 Å². The lowest BCUT2D eigenvalue weighted by atomic mass is 9.47. The first-order valence-corrected chi connectivity index (χ1v) is 13.1. The molecule has 8 heteroatoms. The molecule has 3 fully saturated rings. The average Bonchev–Trinajstić information content (AvgIpc) is 3.08. The highest BCUT2D eigenvalue weighted by Crippen LogP contribution is 2.66. The minimum atomic E-state index is -4.24. The first-order valence-electron chi connectivity index (χ1n) is 11.5. The van der Waals surface area contributed by atoms with Crippen LogP contribution in [0.25, 0.3) is 0 Å². The van der Waals surface area contributed by atoms with Crippen molar-refractivity contribution in [3.63, 3.8) is 0 Å². The van der Waals surface area contributed by atoms with E-state index in [1.54, 1.807) is 6.08 Å². The van der Waals surface area contributed by atoms with Crippen molar-refractivity contribution in [3.8, 4) is 0 Å². The topological polar surface area (TPSA) is 115 Å². The molecule has 0 saturated heterocycles. The monoisotopic (exact) mass is 464 g/mol. The first kappa shape index (κ1) is 23.4. The molecule has 0 unspecified atom stereocenters. The van der Waals surface area contributed by atoms with Gasteiger partial charge in [-0.25, -0.2) is 0 Å². The lowest BCUT2D eigenvalue weighted by molar-refractivity contribution is -0.150. The van der Waals surface area contributed by atoms with Gasteiger partial charge in [0.05, 0.1) is 12.2 Å². The molecule has 0 amide bonds. The van der Waals surface area contributed by atoms with Gasteiger partial charge >= 0.3 is 5.97 Å². The van der Waals surface area contributed by atoms with Crippen molar-refractivity contribution in [2.75, 3.05) is 12.4 Å². The Labute approximate surface area is 189 Å². The molecule has 3 saturated carbocycles. The summed E-state index contributed by atoms with van der Waals surface area (Å²) in [6, 6.07) is 0. The Bertz CT molecular complexity index is 994. The quantitative estimate of drug-likeness (QED) is 0.474. The molecule has 4 rings (SSSR count). The van der Waals surface area contributed by atoms with Crippen LogP contribution in [0.4, 0.5) is 0 Å². The summed E-state index contributed by atoms with van der Waals surface area (Å²) in [7, 11) is -4.24. The molecular formula is C24H32O7S. The van der Waals surface area contributed by atoms with Crippen LogP contribution >= 0.6 is 0 Å². The van der Waals surface area contributed by atoms with E-state index in [4.69, 9.17) is 9.29 Å². The van der Waals surface area contributed by atoms with Crippen LogP contribution in [0, 0.1) is 34.5 Å². The number of hydrogen-bond donors (Lipinski definition) is 1. The van der Waals surface area contributed by atoms with Crippen LogP contribution in [0.2, 0.25) is 0 Å². The summed E-state index contributed by atoms with van der Waals surface area (Å²) >= 11 is 0. The zero-order valence-electron chi connectivity index (χ0n) is 18.7. The second kappa shape index (κ2) is 8.20. The number of hydrogen-bond acceptors (Lipinski definition) is 6. The number of ketones is 2. The normalized spacial score (nSPS) is 38.3. The van der Waals surface area contributed by atoms with Gasteiger partial charge in [-0.1, -0.05) is 25.5 Å². The smallest absolute Gasteiger partial charge is 0.307 e. The highest BCUT2D eigenvalue weighted by atomic mass is 32.2. The largest absolute Gasteiger partial charge is 0.458 e. The number of Topliss-reactive ketones (excluding diaryl/α,β-unsaturated/α-hetero) is 1. The van der Waals surface area contributed by atoms with E-state index in [0.717, 1.165) is 38.5 Å². The number of allylic oxidation sites excluding steroid dienone is 4. The summed E-state index contributed by atoms with van der Waals surface area (Å²) in [4.78, 5) is 36.7. The molecule has 0 aliphatic heterocycles. The maximum atomic E-state index is 13.0. The van der Waals surface area contributed by atoms with E-state index in [2.05, 4.69) is 19.9 Å². The molecule has 4 aliphatic carbocycles. The van der Waals surface area contributed by atoms with Crippen LogP contribution in [0.1, 0.15) is 58.8 Å². The Morgan fingerprint density at radius 1 is 1.16 bits per heavy atom. The number of rotatable bonds is 6. The van der Waals surface area contributed by atoms with Crippen molar-refractivity contribution >= 4 is 27.7 Å². The van der Waals surface area contributed by atoms with Gasteiger partial charge in [0.1, 0.15) is 6.61 Å². The van der Waals surface area contributed by atoms with Crippen LogP contribution in [0.15, 0.2) is 23.8 Å². The van der Waals surface area contributed by atoms with Crippen LogP contribution in [0.5, 0.6) is 0 Å². The second-order valence-electron chi connectivity index (χ2n) is 10.4. The van der Waals surface area contributed by atoms with E-state index in [1.165, 1.54) is 5.57 Å². The Hall–Kier alpha value is -1.80. The molecular weight excluding hydrogens is 432 g/mol. The molecule has 6 atom stereocenters. The fourth-order valence-corrected chi connectivity index (χ4v) is 7.69. The van der Waals surface area contributed by atoms with Crippen molar-refractivity contribution in [3.05, 3.63) is 23.8 Å². The summed E-state index contributed by atoms with van der Waals surface area (Å²) in [6.07, 6.45) is 10.8. The SMILES string of the molecule is C[C@]12CC[C@H]3[C@@H](CCC4=CC(=O)C=C[C@@]43C)[C@@H]1CC[C@@H]2C(=O)COC(=O)CCS(=O)(=O)O. The van der Waals surface area contributed by atoms with Gasteiger partial charge in [-0.2, -0.15) is 8.42 Å². The Balaban J connectivity index is 1.42. The van der Waals surface area contributed by atoms with Gasteiger partial charge in [0.2, 0.25) is 0 Å². The van der Waals surface area contributed by atoms with Crippen LogP contribution in [0.3, 0.4) is 0 Å². The van der Waals surface area contributed by atoms with Gasteiger partial charge in [-0.15, -0.1) is 0 Å². The lowest BCUT2D eigenvalue weighted by Gasteiger charge is -2.56. The maximum Gasteiger partial charge on any atom is 0.307 e. The Morgan fingerprint density at radius 2 is 1.91 bits per heavy atom. The fraction of sp³-hybridized carbons (Fsp3) is 0.708. The first-order chi connectivity index (χ1) is 14.9. The van der Waals surface area contributed by atoms with Crippen LogP contribution < -0.4 is 0 Å². The van der Waals surface area contributed by atoms with E-state index in [0.29, 0.717) is 17.8 Å². The number of ether oxygens (including phenoxy) is 1. The third kappa shape index (κ3) is 4.12. The summed E-state index contributed by atoms with van der Waals surface area (Å²) in [5.41, 5.74) is 1.03. The predicted octanol–water partition coefficient (Wildman–Crippen LogP) is 3.30. The Kier molecular flexibility index (Phi) is 5.99. The van der Waals surface area contributed by atoms with Gasteiger partial charge in [-0.05, 0) is 73.8 Å². The Morgan fingerprint density at radius 3 is 2.62 bits per heavy atom. The van der Waals surface area contributed by atoms with Crippen LogP contribution in [-0.2, 0) is 29.2 Å². The van der Waals surface area contributed by atoms with Crippen molar-refractivity contribution in [1.82, 2.24) is 0 Å². The number of carbonyl (C=O) groups excluding carboxylic acids is 3. The van der Waals surface area contributed by atoms with Crippen LogP contribution in [-0.4, -0.2) is 42.9 Å². The molecule has 0 heterocycles. The number of carbonyl (C=O) groups is 3. The third-order valence-electron chi connectivity index (χ3n) is 8.88. The van der Waals surface area contributed by atoms with Crippen molar-refractivity contribution < 1.29 is 32.1 Å². The molecule has 0 aromatic rings. The fourth-order valence-electron chi connectivity index (χ4n) is 7.26. The molecule has 4 aliphatic rings. The minimum absolute atomic E-state index is 0.0780. The number of fused-ring (bicyclic) bond motifs is 5. The molecule has 0 radical (unpaired) electrons. The minimum Gasteiger partial charge on any atom is -0.458 e.